The molecule has 0 spiro atoms. The highest BCUT2D eigenvalue weighted by Crippen LogP contribution is 2.29. The van der Waals surface area contributed by atoms with Crippen molar-refractivity contribution >= 4 is 46.4 Å². The first-order valence-corrected chi connectivity index (χ1v) is 8.48. The van der Waals surface area contributed by atoms with E-state index in [9.17, 15) is 9.59 Å². The molecule has 2 rings (SSSR count). The molecule has 25 heavy (non-hydrogen) atoms. The normalized spacial score (nSPS) is 10.6. The summed E-state index contributed by atoms with van der Waals surface area (Å²) in [4.78, 5) is 25.8. The van der Waals surface area contributed by atoms with Crippen molar-refractivity contribution in [1.82, 2.24) is 4.90 Å². The van der Waals surface area contributed by atoms with E-state index in [4.69, 9.17) is 23.2 Å². The number of amides is 2. The molecular weight excluding hydrogens is 361 g/mol. The molecule has 0 heterocycles. The van der Waals surface area contributed by atoms with Crippen LogP contribution in [0.5, 0.6) is 0 Å². The van der Waals surface area contributed by atoms with Crippen molar-refractivity contribution in [2.24, 2.45) is 0 Å². The van der Waals surface area contributed by atoms with Crippen molar-refractivity contribution in [1.29, 1.82) is 0 Å². The maximum Gasteiger partial charge on any atom is 0.238 e. The molecule has 0 atom stereocenters. The molecule has 0 unspecified atom stereocenters. The largest absolute Gasteiger partial charge is 0.326 e. The van der Waals surface area contributed by atoms with Gasteiger partial charge in [0.2, 0.25) is 11.8 Å². The van der Waals surface area contributed by atoms with Crippen LogP contribution in [0, 0.1) is 0 Å². The quantitative estimate of drug-likeness (QED) is 0.766. The van der Waals surface area contributed by atoms with Gasteiger partial charge in [-0.05, 0) is 31.3 Å². The molecular formula is C18H19Cl2N3O2. The minimum atomic E-state index is -0.249. The lowest BCUT2D eigenvalue weighted by Gasteiger charge is -2.17. The zero-order valence-corrected chi connectivity index (χ0v) is 15.3. The molecule has 2 amide bonds. The SMILES string of the molecule is CN(CCC(=O)Nc1ccccc1)CC(=O)Nc1c(Cl)cccc1Cl. The van der Waals surface area contributed by atoms with Gasteiger partial charge in [-0.15, -0.1) is 0 Å². The Morgan fingerprint density at radius 1 is 0.920 bits per heavy atom. The van der Waals surface area contributed by atoms with E-state index in [0.29, 0.717) is 22.3 Å². The molecule has 0 saturated carbocycles. The summed E-state index contributed by atoms with van der Waals surface area (Å²) in [6.07, 6.45) is 0.283. The summed E-state index contributed by atoms with van der Waals surface area (Å²) in [7, 11) is 1.77. The van der Waals surface area contributed by atoms with E-state index < -0.39 is 0 Å². The molecule has 132 valence electrons. The summed E-state index contributed by atoms with van der Waals surface area (Å²) >= 11 is 12.0. The highest BCUT2D eigenvalue weighted by molar-refractivity contribution is 6.39. The first-order chi connectivity index (χ1) is 12.0. The van der Waals surface area contributed by atoms with Crippen LogP contribution in [0.4, 0.5) is 11.4 Å². The highest BCUT2D eigenvalue weighted by Gasteiger charge is 2.12. The van der Waals surface area contributed by atoms with Gasteiger partial charge in [-0.1, -0.05) is 47.5 Å². The number of carbonyl (C=O) groups is 2. The molecule has 2 aromatic rings. The molecule has 0 bridgehead atoms. The zero-order valence-electron chi connectivity index (χ0n) is 13.8. The summed E-state index contributed by atoms with van der Waals surface area (Å²) in [5.74, 6) is -0.353. The van der Waals surface area contributed by atoms with Crippen LogP contribution in [0.1, 0.15) is 6.42 Å². The third-order valence-corrected chi connectivity index (χ3v) is 4.05. The Bertz CT molecular complexity index is 718. The van der Waals surface area contributed by atoms with Crippen LogP contribution in [-0.4, -0.2) is 36.9 Å². The summed E-state index contributed by atoms with van der Waals surface area (Å²) in [5, 5.41) is 6.26. The number of nitrogens with one attached hydrogen (secondary N) is 2. The van der Waals surface area contributed by atoms with Crippen molar-refractivity contribution in [2.75, 3.05) is 30.8 Å². The smallest absolute Gasteiger partial charge is 0.238 e. The van der Waals surface area contributed by atoms with Gasteiger partial charge in [0.15, 0.2) is 0 Å². The topological polar surface area (TPSA) is 61.4 Å². The number of anilines is 2. The van der Waals surface area contributed by atoms with Gasteiger partial charge >= 0.3 is 0 Å². The number of hydrogen-bond acceptors (Lipinski definition) is 3. The van der Waals surface area contributed by atoms with Crippen molar-refractivity contribution < 1.29 is 9.59 Å². The van der Waals surface area contributed by atoms with Crippen LogP contribution in [0.25, 0.3) is 0 Å². The lowest BCUT2D eigenvalue weighted by Crippen LogP contribution is -2.32. The van der Waals surface area contributed by atoms with E-state index in [-0.39, 0.29) is 24.8 Å². The van der Waals surface area contributed by atoms with E-state index in [0.717, 1.165) is 5.69 Å². The van der Waals surface area contributed by atoms with Crippen LogP contribution in [0.15, 0.2) is 48.5 Å². The average molecular weight is 380 g/mol. The number of nitrogens with zero attached hydrogens (tertiary/aromatic N) is 1. The number of hydrogen-bond donors (Lipinski definition) is 2. The third kappa shape index (κ3) is 6.38. The van der Waals surface area contributed by atoms with Gasteiger partial charge in [0.1, 0.15) is 0 Å². The maximum absolute atomic E-state index is 12.1. The Morgan fingerprint density at radius 2 is 1.56 bits per heavy atom. The lowest BCUT2D eigenvalue weighted by atomic mass is 10.3. The van der Waals surface area contributed by atoms with Gasteiger partial charge in [0.05, 0.1) is 22.3 Å². The van der Waals surface area contributed by atoms with Crippen molar-refractivity contribution in [2.45, 2.75) is 6.42 Å². The van der Waals surface area contributed by atoms with Crippen molar-refractivity contribution in [3.05, 3.63) is 58.6 Å². The van der Waals surface area contributed by atoms with E-state index in [1.807, 2.05) is 30.3 Å². The van der Waals surface area contributed by atoms with E-state index in [1.165, 1.54) is 0 Å². The van der Waals surface area contributed by atoms with E-state index in [1.54, 1.807) is 30.1 Å². The molecule has 0 aliphatic carbocycles. The molecule has 2 N–H and O–H groups in total. The fraction of sp³-hybridized carbons (Fsp3) is 0.222. The minimum Gasteiger partial charge on any atom is -0.326 e. The summed E-state index contributed by atoms with van der Waals surface area (Å²) in [6, 6.07) is 14.2. The Labute approximate surface area is 156 Å². The van der Waals surface area contributed by atoms with Crippen molar-refractivity contribution in [3.8, 4) is 0 Å². The molecule has 0 aromatic heterocycles. The first kappa shape index (κ1) is 19.2. The lowest BCUT2D eigenvalue weighted by molar-refractivity contribution is -0.119. The molecule has 0 aliphatic heterocycles. The first-order valence-electron chi connectivity index (χ1n) is 7.73. The molecule has 0 saturated heterocycles. The predicted octanol–water partition coefficient (Wildman–Crippen LogP) is 3.89. The fourth-order valence-electron chi connectivity index (χ4n) is 2.16. The number of halogens is 2. The Hall–Kier alpha value is -2.08. The van der Waals surface area contributed by atoms with Gasteiger partial charge in [0.25, 0.3) is 0 Å². The average Bonchev–Trinajstić information content (AvgIpc) is 2.57. The van der Waals surface area contributed by atoms with Gasteiger partial charge in [0, 0.05) is 18.7 Å². The van der Waals surface area contributed by atoms with Gasteiger partial charge in [-0.3, -0.25) is 14.5 Å². The molecule has 5 nitrogen and oxygen atoms in total. The monoisotopic (exact) mass is 379 g/mol. The summed E-state index contributed by atoms with van der Waals surface area (Å²) < 4.78 is 0. The van der Waals surface area contributed by atoms with Crippen molar-refractivity contribution in [3.63, 3.8) is 0 Å². The standard InChI is InChI=1S/C18H19Cl2N3O2/c1-23(11-10-16(24)21-13-6-3-2-4-7-13)12-17(25)22-18-14(19)8-5-9-15(18)20/h2-9H,10-12H2,1H3,(H,21,24)(H,22,25). The third-order valence-electron chi connectivity index (χ3n) is 3.42. The number of benzene rings is 2. The van der Waals surface area contributed by atoms with Crippen LogP contribution in [-0.2, 0) is 9.59 Å². The molecule has 0 aliphatic rings. The fourth-order valence-corrected chi connectivity index (χ4v) is 2.65. The minimum absolute atomic E-state index is 0.104. The Kier molecular flexibility index (Phi) is 7.25. The number of carbonyl (C=O) groups excluding carboxylic acids is 2. The number of para-hydroxylation sites is 2. The maximum atomic E-state index is 12.1. The number of rotatable bonds is 7. The second-order valence-corrected chi connectivity index (χ2v) is 6.36. The molecule has 2 aromatic carbocycles. The Morgan fingerprint density at radius 3 is 2.20 bits per heavy atom. The zero-order chi connectivity index (χ0) is 18.2. The summed E-state index contributed by atoms with van der Waals surface area (Å²) in [5.41, 5.74) is 1.15. The second-order valence-electron chi connectivity index (χ2n) is 5.55. The van der Waals surface area contributed by atoms with Crippen LogP contribution >= 0.6 is 23.2 Å². The predicted molar refractivity (Wildman–Crippen MR) is 102 cm³/mol. The van der Waals surface area contributed by atoms with Crippen LogP contribution in [0.3, 0.4) is 0 Å². The van der Waals surface area contributed by atoms with Crippen LogP contribution in [0.2, 0.25) is 10.0 Å². The van der Waals surface area contributed by atoms with Gasteiger partial charge in [-0.2, -0.15) is 0 Å². The van der Waals surface area contributed by atoms with Crippen LogP contribution < -0.4 is 10.6 Å². The van der Waals surface area contributed by atoms with Gasteiger partial charge in [-0.25, -0.2) is 0 Å². The van der Waals surface area contributed by atoms with Gasteiger partial charge < -0.3 is 10.6 Å². The molecule has 7 heteroatoms. The molecule has 0 fully saturated rings. The van der Waals surface area contributed by atoms with E-state index in [2.05, 4.69) is 10.6 Å². The Balaban J connectivity index is 1.77. The van der Waals surface area contributed by atoms with E-state index >= 15 is 0 Å². The highest BCUT2D eigenvalue weighted by atomic mass is 35.5. The number of likely N-dealkylation sites (N-methyl/N-ethyl adjacent to an activating group) is 1. The molecule has 0 radical (unpaired) electrons. The second kappa shape index (κ2) is 9.42. The summed E-state index contributed by atoms with van der Waals surface area (Å²) in [6.45, 7) is 0.572.